The van der Waals surface area contributed by atoms with Crippen molar-refractivity contribution in [2.45, 2.75) is 38.4 Å². The Labute approximate surface area is 242 Å². The Morgan fingerprint density at radius 2 is 1.39 bits per heavy atom. The van der Waals surface area contributed by atoms with Crippen molar-refractivity contribution in [2.75, 3.05) is 46.3 Å². The van der Waals surface area contributed by atoms with Gasteiger partial charge in [-0.2, -0.15) is 0 Å². The maximum Gasteiger partial charge on any atom is 0.274 e. The van der Waals surface area contributed by atoms with Gasteiger partial charge < -0.3 is 9.47 Å². The SMILES string of the molecule is CN1CCN(Cc2ccc(CN3CCC(c4ccnc5c4ccn5Cc4ccc(C(=O)NO)cc4)CC3)cc2)CC1. The molecule has 214 valence electrons. The number of piperidine rings is 1. The van der Waals surface area contributed by atoms with Crippen LogP contribution < -0.4 is 5.48 Å². The van der Waals surface area contributed by atoms with E-state index in [1.165, 1.54) is 22.1 Å². The fraction of sp³-hybridized carbons (Fsp3) is 0.394. The number of hydrogen-bond acceptors (Lipinski definition) is 6. The number of hydroxylamine groups is 1. The van der Waals surface area contributed by atoms with Crippen molar-refractivity contribution in [3.8, 4) is 0 Å². The van der Waals surface area contributed by atoms with Crippen molar-refractivity contribution in [3.63, 3.8) is 0 Å². The van der Waals surface area contributed by atoms with E-state index in [2.05, 4.69) is 68.9 Å². The lowest BCUT2D eigenvalue weighted by molar-refractivity contribution is 0.0706. The highest BCUT2D eigenvalue weighted by Gasteiger charge is 2.23. The summed E-state index contributed by atoms with van der Waals surface area (Å²) in [6.45, 7) is 9.58. The standard InChI is InChI=1S/C33H40N6O2/c1-36-18-20-38(21-19-36)23-26-4-2-25(3-5-26)22-37-15-11-28(12-16-37)30-10-14-34-32-31(30)13-17-39(32)24-27-6-8-29(9-7-27)33(40)35-41/h2-10,13-14,17,28,41H,11-12,15-16,18-24H2,1H3,(H,35,40). The monoisotopic (exact) mass is 552 g/mol. The molecule has 4 aromatic rings. The van der Waals surface area contributed by atoms with Gasteiger partial charge in [0.25, 0.3) is 5.91 Å². The van der Waals surface area contributed by atoms with Crippen LogP contribution in [0.5, 0.6) is 0 Å². The Morgan fingerprint density at radius 3 is 2.02 bits per heavy atom. The van der Waals surface area contributed by atoms with Crippen LogP contribution in [0.3, 0.4) is 0 Å². The van der Waals surface area contributed by atoms with Crippen molar-refractivity contribution in [1.82, 2.24) is 29.7 Å². The first-order chi connectivity index (χ1) is 20.1. The number of rotatable bonds is 8. The maximum atomic E-state index is 11.6. The van der Waals surface area contributed by atoms with Crippen LogP contribution >= 0.6 is 0 Å². The quantitative estimate of drug-likeness (QED) is 0.250. The summed E-state index contributed by atoms with van der Waals surface area (Å²) in [6, 6.07) is 21.0. The lowest BCUT2D eigenvalue weighted by atomic mass is 9.88. The summed E-state index contributed by atoms with van der Waals surface area (Å²) >= 11 is 0. The van der Waals surface area contributed by atoms with Gasteiger partial charge in [0.1, 0.15) is 5.65 Å². The highest BCUT2D eigenvalue weighted by atomic mass is 16.5. The third kappa shape index (κ3) is 6.52. The van der Waals surface area contributed by atoms with E-state index in [1.54, 1.807) is 17.6 Å². The van der Waals surface area contributed by atoms with E-state index in [9.17, 15) is 4.79 Å². The molecule has 1 amide bonds. The number of amides is 1. The molecule has 0 spiro atoms. The molecule has 2 aromatic heterocycles. The van der Waals surface area contributed by atoms with E-state index in [4.69, 9.17) is 10.2 Å². The van der Waals surface area contributed by atoms with E-state index in [0.29, 0.717) is 18.0 Å². The van der Waals surface area contributed by atoms with Crippen LogP contribution in [-0.4, -0.2) is 81.7 Å². The number of nitrogens with zero attached hydrogens (tertiary/aromatic N) is 5. The number of pyridine rings is 1. The Hall–Kier alpha value is -3.56. The largest absolute Gasteiger partial charge is 0.328 e. The molecule has 2 aromatic carbocycles. The van der Waals surface area contributed by atoms with Crippen LogP contribution in [0.2, 0.25) is 0 Å². The molecule has 0 radical (unpaired) electrons. The van der Waals surface area contributed by atoms with Gasteiger partial charge in [0, 0.05) is 69.2 Å². The predicted octanol–water partition coefficient (Wildman–Crippen LogP) is 4.33. The predicted molar refractivity (Wildman–Crippen MR) is 161 cm³/mol. The Morgan fingerprint density at radius 1 is 0.805 bits per heavy atom. The van der Waals surface area contributed by atoms with Gasteiger partial charge in [0.05, 0.1) is 0 Å². The molecule has 2 saturated heterocycles. The summed E-state index contributed by atoms with van der Waals surface area (Å²) in [4.78, 5) is 23.9. The molecule has 0 atom stereocenters. The fourth-order valence-corrected chi connectivity index (χ4v) is 6.29. The number of piperazine rings is 1. The molecule has 41 heavy (non-hydrogen) atoms. The van der Waals surface area contributed by atoms with Gasteiger partial charge in [-0.3, -0.25) is 19.8 Å². The van der Waals surface area contributed by atoms with Gasteiger partial charge in [0.15, 0.2) is 0 Å². The molecule has 8 nitrogen and oxygen atoms in total. The van der Waals surface area contributed by atoms with Gasteiger partial charge in [-0.15, -0.1) is 0 Å². The van der Waals surface area contributed by atoms with Crippen LogP contribution in [0, 0.1) is 0 Å². The third-order valence-electron chi connectivity index (χ3n) is 8.83. The zero-order valence-corrected chi connectivity index (χ0v) is 23.9. The molecule has 0 aliphatic carbocycles. The van der Waals surface area contributed by atoms with Crippen molar-refractivity contribution < 1.29 is 10.0 Å². The summed E-state index contributed by atoms with van der Waals surface area (Å²) in [7, 11) is 2.21. The molecular weight excluding hydrogens is 512 g/mol. The van der Waals surface area contributed by atoms with Gasteiger partial charge in [-0.05, 0) is 85.4 Å². The average molecular weight is 553 g/mol. The third-order valence-corrected chi connectivity index (χ3v) is 8.83. The highest BCUT2D eigenvalue weighted by molar-refractivity contribution is 5.93. The van der Waals surface area contributed by atoms with Crippen LogP contribution in [0.25, 0.3) is 11.0 Å². The van der Waals surface area contributed by atoms with Gasteiger partial charge in [0.2, 0.25) is 0 Å². The van der Waals surface area contributed by atoms with E-state index in [1.807, 2.05) is 18.3 Å². The van der Waals surface area contributed by atoms with E-state index in [0.717, 1.165) is 76.4 Å². The van der Waals surface area contributed by atoms with Gasteiger partial charge >= 0.3 is 0 Å². The van der Waals surface area contributed by atoms with Crippen LogP contribution in [0.1, 0.15) is 51.4 Å². The second kappa shape index (κ2) is 12.5. The minimum atomic E-state index is -0.505. The number of nitrogens with one attached hydrogen (secondary N) is 1. The molecule has 8 heteroatoms. The number of benzene rings is 2. The fourth-order valence-electron chi connectivity index (χ4n) is 6.29. The summed E-state index contributed by atoms with van der Waals surface area (Å²) in [6.07, 6.45) is 6.36. The van der Waals surface area contributed by atoms with Crippen molar-refractivity contribution >= 4 is 16.9 Å². The van der Waals surface area contributed by atoms with Crippen molar-refractivity contribution in [1.29, 1.82) is 0 Å². The van der Waals surface area contributed by atoms with Crippen LogP contribution in [0.4, 0.5) is 0 Å². The maximum absolute atomic E-state index is 11.6. The second-order valence-corrected chi connectivity index (χ2v) is 11.7. The van der Waals surface area contributed by atoms with E-state index in [-0.39, 0.29) is 0 Å². The van der Waals surface area contributed by atoms with E-state index >= 15 is 0 Å². The molecular formula is C33H40N6O2. The highest BCUT2D eigenvalue weighted by Crippen LogP contribution is 2.33. The zero-order chi connectivity index (χ0) is 28.2. The summed E-state index contributed by atoms with van der Waals surface area (Å²) in [5.41, 5.74) is 8.40. The summed E-state index contributed by atoms with van der Waals surface area (Å²) in [5, 5.41) is 10.1. The lowest BCUT2D eigenvalue weighted by Crippen LogP contribution is -2.43. The minimum Gasteiger partial charge on any atom is -0.328 e. The minimum absolute atomic E-state index is 0.429. The van der Waals surface area contributed by atoms with Gasteiger partial charge in [-0.1, -0.05) is 36.4 Å². The number of carbonyl (C=O) groups excluding carboxylic acids is 1. The molecule has 0 saturated carbocycles. The molecule has 0 bridgehead atoms. The Bertz CT molecular complexity index is 1450. The van der Waals surface area contributed by atoms with Crippen molar-refractivity contribution in [3.05, 3.63) is 101 Å². The normalized spacial score (nSPS) is 17.7. The number of hydrogen-bond donors (Lipinski definition) is 2. The molecule has 2 N–H and O–H groups in total. The van der Waals surface area contributed by atoms with Crippen LogP contribution in [-0.2, 0) is 19.6 Å². The number of carbonyl (C=O) groups is 1. The molecule has 4 heterocycles. The Kier molecular flexibility index (Phi) is 8.43. The molecule has 2 aliphatic rings. The topological polar surface area (TPSA) is 76.9 Å². The first kappa shape index (κ1) is 27.6. The van der Waals surface area contributed by atoms with E-state index < -0.39 is 5.91 Å². The molecule has 2 aliphatic heterocycles. The Balaban J connectivity index is 1.04. The molecule has 6 rings (SSSR count). The smallest absolute Gasteiger partial charge is 0.274 e. The molecule has 0 unspecified atom stereocenters. The summed E-state index contributed by atoms with van der Waals surface area (Å²) < 4.78 is 2.17. The number of likely N-dealkylation sites (N-methyl/N-ethyl adjacent to an activating group) is 1. The number of likely N-dealkylation sites (tertiary alicyclic amines) is 1. The second-order valence-electron chi connectivity index (χ2n) is 11.7. The van der Waals surface area contributed by atoms with Crippen molar-refractivity contribution in [2.24, 2.45) is 0 Å². The number of fused-ring (bicyclic) bond motifs is 1. The number of aromatic nitrogens is 2. The molecule has 2 fully saturated rings. The first-order valence-corrected chi connectivity index (χ1v) is 14.7. The summed E-state index contributed by atoms with van der Waals surface area (Å²) in [5.74, 6) is 0.0322. The zero-order valence-electron chi connectivity index (χ0n) is 23.9. The van der Waals surface area contributed by atoms with Crippen LogP contribution in [0.15, 0.2) is 73.1 Å². The average Bonchev–Trinajstić information content (AvgIpc) is 3.42. The van der Waals surface area contributed by atoms with Gasteiger partial charge in [-0.25, -0.2) is 10.5 Å². The lowest BCUT2D eigenvalue weighted by Gasteiger charge is -2.33. The first-order valence-electron chi connectivity index (χ1n) is 14.7.